The van der Waals surface area contributed by atoms with Crippen molar-refractivity contribution in [1.82, 2.24) is 19.9 Å². The lowest BCUT2D eigenvalue weighted by Gasteiger charge is -2.28. The molecule has 266 valence electrons. The Morgan fingerprint density at radius 1 is 1.18 bits per heavy atom. The number of rotatable bonds is 8. The monoisotopic (exact) mass is 702 g/mol. The third-order valence-corrected chi connectivity index (χ3v) is 12.5. The van der Waals surface area contributed by atoms with Crippen LogP contribution < -0.4 is 19.5 Å². The van der Waals surface area contributed by atoms with Crippen LogP contribution in [0, 0.1) is 23.6 Å². The minimum Gasteiger partial charge on any atom is -0.491 e. The number of sulfonamides is 1. The lowest BCUT2D eigenvalue weighted by molar-refractivity contribution is -0.140. The number of nitrogens with one attached hydrogen (secondary N) is 2. The first kappa shape index (κ1) is 35.0. The molecule has 0 spiro atoms. The second-order valence-electron chi connectivity index (χ2n) is 14.3. The van der Waals surface area contributed by atoms with E-state index in [1.54, 1.807) is 19.1 Å². The summed E-state index contributed by atoms with van der Waals surface area (Å²) < 4.78 is 66.7. The topological polar surface area (TPSA) is 144 Å². The molecular weight excluding hydrogens is 658 g/mol. The minimum absolute atomic E-state index is 0.0449. The molecule has 1 saturated heterocycles. The van der Waals surface area contributed by atoms with Gasteiger partial charge in [-0.2, -0.15) is 0 Å². The quantitative estimate of drug-likeness (QED) is 0.387. The van der Waals surface area contributed by atoms with Gasteiger partial charge in [0.1, 0.15) is 29.1 Å². The molecule has 0 radical (unpaired) electrons. The largest absolute Gasteiger partial charge is 0.491 e. The Balaban J connectivity index is 1.28. The van der Waals surface area contributed by atoms with Gasteiger partial charge >= 0.3 is 0 Å². The van der Waals surface area contributed by atoms with Crippen molar-refractivity contribution in [3.05, 3.63) is 42.4 Å². The van der Waals surface area contributed by atoms with E-state index in [1.165, 1.54) is 17.2 Å². The van der Waals surface area contributed by atoms with Gasteiger partial charge in [0, 0.05) is 30.3 Å². The summed E-state index contributed by atoms with van der Waals surface area (Å²) in [6, 6.07) is 3.51. The molecule has 11 nitrogen and oxygen atoms in total. The van der Waals surface area contributed by atoms with Crippen LogP contribution >= 0.6 is 0 Å². The smallest absolute Gasteiger partial charge is 0.259 e. The van der Waals surface area contributed by atoms with Gasteiger partial charge in [-0.3, -0.25) is 19.1 Å². The van der Waals surface area contributed by atoms with E-state index >= 15 is 0 Å². The number of allylic oxidation sites excluding steroid dienone is 1. The number of aromatic nitrogens is 1. The molecule has 49 heavy (non-hydrogen) atoms. The number of halogens is 2. The fourth-order valence-electron chi connectivity index (χ4n) is 7.24. The van der Waals surface area contributed by atoms with Crippen LogP contribution in [0.4, 0.5) is 8.78 Å². The van der Waals surface area contributed by atoms with Crippen LogP contribution in [0.1, 0.15) is 72.1 Å². The Morgan fingerprint density at radius 2 is 1.96 bits per heavy atom. The van der Waals surface area contributed by atoms with E-state index < -0.39 is 62.7 Å². The predicted octanol–water partition coefficient (Wildman–Crippen LogP) is 4.35. The zero-order valence-electron chi connectivity index (χ0n) is 28.0. The number of benzene rings is 1. The summed E-state index contributed by atoms with van der Waals surface area (Å²) in [5.41, 5.74) is -1.58. The fourth-order valence-corrected chi connectivity index (χ4v) is 8.66. The fraction of sp³-hybridized carbons (Fsp3) is 0.600. The van der Waals surface area contributed by atoms with E-state index in [0.717, 1.165) is 19.3 Å². The van der Waals surface area contributed by atoms with Crippen molar-refractivity contribution in [2.45, 2.75) is 94.6 Å². The summed E-state index contributed by atoms with van der Waals surface area (Å²) in [7, 11) is -4.33. The van der Waals surface area contributed by atoms with Crippen molar-refractivity contribution in [2.24, 2.45) is 17.8 Å². The van der Waals surface area contributed by atoms with Crippen LogP contribution in [-0.4, -0.2) is 78.3 Å². The highest BCUT2D eigenvalue weighted by Crippen LogP contribution is 2.48. The van der Waals surface area contributed by atoms with Gasteiger partial charge in [-0.05, 0) is 80.9 Å². The van der Waals surface area contributed by atoms with Gasteiger partial charge in [-0.25, -0.2) is 22.2 Å². The molecule has 0 unspecified atom stereocenters. The van der Waals surface area contributed by atoms with Crippen LogP contribution in [0.5, 0.6) is 11.6 Å². The molecule has 6 rings (SSSR count). The predicted molar refractivity (Wildman–Crippen MR) is 177 cm³/mol. The normalized spacial score (nSPS) is 30.6. The Labute approximate surface area is 285 Å². The van der Waals surface area contributed by atoms with E-state index in [2.05, 4.69) is 21.9 Å². The van der Waals surface area contributed by atoms with Crippen LogP contribution in [0.3, 0.4) is 0 Å². The second-order valence-corrected chi connectivity index (χ2v) is 16.3. The van der Waals surface area contributed by atoms with Gasteiger partial charge in [0.15, 0.2) is 11.6 Å². The van der Waals surface area contributed by atoms with Gasteiger partial charge in [-0.1, -0.05) is 26.0 Å². The first-order valence-electron chi connectivity index (χ1n) is 17.1. The molecule has 2 aliphatic heterocycles. The minimum atomic E-state index is -4.33. The highest BCUT2D eigenvalue weighted by molar-refractivity contribution is 7.91. The van der Waals surface area contributed by atoms with Gasteiger partial charge < -0.3 is 19.7 Å². The summed E-state index contributed by atoms with van der Waals surface area (Å²) in [5, 5.41) is 3.85. The van der Waals surface area contributed by atoms with Gasteiger partial charge in [-0.15, -0.1) is 0 Å². The zero-order chi connectivity index (χ0) is 35.1. The van der Waals surface area contributed by atoms with Crippen molar-refractivity contribution in [3.63, 3.8) is 0 Å². The number of ether oxygens (including phenoxy) is 2. The van der Waals surface area contributed by atoms with Crippen LogP contribution in [0.2, 0.25) is 0 Å². The van der Waals surface area contributed by atoms with Crippen molar-refractivity contribution >= 4 is 38.5 Å². The highest BCUT2D eigenvalue weighted by Gasteiger charge is 2.64. The molecule has 2 N–H and O–H groups in total. The van der Waals surface area contributed by atoms with Crippen molar-refractivity contribution < 1.29 is 41.1 Å². The van der Waals surface area contributed by atoms with E-state index in [-0.39, 0.29) is 68.7 Å². The van der Waals surface area contributed by atoms with Crippen LogP contribution in [0.25, 0.3) is 10.8 Å². The maximum absolute atomic E-state index is 14.9. The summed E-state index contributed by atoms with van der Waals surface area (Å²) in [6.07, 6.45) is 7.61. The zero-order valence-corrected chi connectivity index (χ0v) is 28.9. The molecule has 3 amide bonds. The lowest BCUT2D eigenvalue weighted by Crippen LogP contribution is -2.57. The number of pyridine rings is 1. The summed E-state index contributed by atoms with van der Waals surface area (Å²) in [4.78, 5) is 47.3. The average Bonchev–Trinajstić information content (AvgIpc) is 3.95. The van der Waals surface area contributed by atoms with Crippen LogP contribution in [-0.2, 0) is 24.4 Å². The maximum Gasteiger partial charge on any atom is 0.259 e. The van der Waals surface area contributed by atoms with Crippen molar-refractivity contribution in [3.8, 4) is 11.6 Å². The molecule has 14 heteroatoms. The summed E-state index contributed by atoms with van der Waals surface area (Å²) in [6.45, 7) is 5.11. The molecule has 1 aromatic heterocycles. The molecule has 4 aliphatic rings. The number of carbonyl (C=O) groups is 3. The lowest BCUT2D eigenvalue weighted by atomic mass is 9.91. The van der Waals surface area contributed by atoms with Gasteiger partial charge in [0.05, 0.1) is 13.2 Å². The van der Waals surface area contributed by atoms with E-state index in [1.807, 2.05) is 19.1 Å². The number of hydrogen-bond donors (Lipinski definition) is 2. The first-order valence-corrected chi connectivity index (χ1v) is 18.6. The molecular formula is C35H44F2N4O7S. The molecule has 1 aromatic carbocycles. The number of alkyl halides is 1. The first-order chi connectivity index (χ1) is 23.3. The number of fused-ring (bicyclic) bond motifs is 3. The number of nitrogens with zero attached hydrogens (tertiary/aromatic N) is 2. The number of hydrogen-bond acceptors (Lipinski definition) is 8. The van der Waals surface area contributed by atoms with Crippen LogP contribution in [0.15, 0.2) is 36.5 Å². The summed E-state index contributed by atoms with van der Waals surface area (Å²) in [5.74, 6) is -2.26. The van der Waals surface area contributed by atoms with Gasteiger partial charge in [0.25, 0.3) is 5.91 Å². The molecule has 2 saturated carbocycles. The third-order valence-electron chi connectivity index (χ3n) is 10.4. The van der Waals surface area contributed by atoms with Crippen molar-refractivity contribution in [1.29, 1.82) is 0 Å². The van der Waals surface area contributed by atoms with E-state index in [0.29, 0.717) is 16.7 Å². The molecule has 2 aromatic rings. The molecule has 6 atom stereocenters. The molecule has 2 aliphatic carbocycles. The van der Waals surface area contributed by atoms with Gasteiger partial charge in [0.2, 0.25) is 27.7 Å². The number of carbonyl (C=O) groups excluding carboxylic acids is 3. The molecule has 3 fully saturated rings. The Morgan fingerprint density at radius 3 is 2.67 bits per heavy atom. The third kappa shape index (κ3) is 6.98. The maximum atomic E-state index is 14.9. The summed E-state index contributed by atoms with van der Waals surface area (Å²) >= 11 is 0. The molecule has 3 heterocycles. The standard InChI is InChI=1S/C35H44F2N4O7S/c1-4-47-29-15-23-9-12-38-32(26(23)17-27(29)37)48-25-16-28-31(43)39-35(33(44)40-49(45,46)34(20-36)10-11-34)18-24(35)8-6-5-7-21(2)13-22(3)14-30(42)41(28)19-25/h6,8-9,12,15,17,21-22,24-25,28H,4-5,7,10-11,13-14,16,18-20H2,1-3H3,(H,39,43)(H,40,44)/b8-6-/t21-,22-,24-,25-,28+,35-/m1/s1. The molecule has 0 bridgehead atoms. The Kier molecular flexibility index (Phi) is 9.64. The average molecular weight is 703 g/mol. The highest BCUT2D eigenvalue weighted by atomic mass is 32.2. The second kappa shape index (κ2) is 13.5. The SMILES string of the molecule is CCOc1cc2ccnc(O[C@@H]3C[C@H]4C(=O)N[C@]5(C(=O)NS(=O)(=O)C6(CF)CC6)C[C@H]5/C=C\CC[C@@H](C)C[C@@H](C)CC(=O)N4C3)c2cc1F. The van der Waals surface area contributed by atoms with E-state index in [4.69, 9.17) is 9.47 Å². The van der Waals surface area contributed by atoms with E-state index in [9.17, 15) is 31.6 Å². The Bertz CT molecular complexity index is 1770. The van der Waals surface area contributed by atoms with Crippen molar-refractivity contribution in [2.75, 3.05) is 19.8 Å². The number of amides is 3. The Hall–Kier alpha value is -3.81.